The molecule has 0 radical (unpaired) electrons. The number of ether oxygens (including phenoxy) is 2. The van der Waals surface area contributed by atoms with Crippen molar-refractivity contribution in [2.75, 3.05) is 46.5 Å². The summed E-state index contributed by atoms with van der Waals surface area (Å²) in [6.07, 6.45) is 3.67. The van der Waals surface area contributed by atoms with Crippen molar-refractivity contribution in [3.63, 3.8) is 0 Å². The van der Waals surface area contributed by atoms with Gasteiger partial charge < -0.3 is 14.0 Å². The van der Waals surface area contributed by atoms with E-state index in [4.69, 9.17) is 9.47 Å². The molecule has 0 bridgehead atoms. The van der Waals surface area contributed by atoms with E-state index < -0.39 is 10.0 Å². The van der Waals surface area contributed by atoms with Gasteiger partial charge in [-0.3, -0.25) is 4.90 Å². The summed E-state index contributed by atoms with van der Waals surface area (Å²) in [4.78, 5) is 7.05. The number of hydrogen-bond donors (Lipinski definition) is 0. The number of aromatic nitrogens is 2. The summed E-state index contributed by atoms with van der Waals surface area (Å²) in [5, 5.41) is 0. The smallest absolute Gasteiger partial charge is 0.243 e. The molecule has 1 aromatic heterocycles. The predicted molar refractivity (Wildman–Crippen MR) is 140 cm³/mol. The third kappa shape index (κ3) is 6.15. The van der Waals surface area contributed by atoms with Crippen LogP contribution in [0.1, 0.15) is 28.1 Å². The van der Waals surface area contributed by atoms with E-state index in [1.54, 1.807) is 37.6 Å². The Morgan fingerprint density at radius 1 is 1.06 bits per heavy atom. The van der Waals surface area contributed by atoms with Crippen LogP contribution >= 0.6 is 0 Å². The van der Waals surface area contributed by atoms with E-state index in [-0.39, 0.29) is 11.4 Å². The van der Waals surface area contributed by atoms with Crippen LogP contribution in [0, 0.1) is 20.8 Å². The lowest BCUT2D eigenvalue weighted by Crippen LogP contribution is -2.43. The summed E-state index contributed by atoms with van der Waals surface area (Å²) in [6, 6.07) is 10.9. The standard InChI is InChI=1S/C27H36N4O4S/c1-21-17-22(2)26(23(3)18-21)19-30-10-9-28-27(30)20-31(12-11-29-13-15-35-16-14-29)36(32,33)25-7-5-24(34-4)6-8-25/h5-10,17-18H,11-16,19-20H2,1-4H3. The lowest BCUT2D eigenvalue weighted by molar-refractivity contribution is 0.0360. The Morgan fingerprint density at radius 2 is 1.72 bits per heavy atom. The number of aryl methyl sites for hydroxylation is 3. The van der Waals surface area contributed by atoms with Gasteiger partial charge in [0.15, 0.2) is 0 Å². The molecule has 0 N–H and O–H groups in total. The first kappa shape index (κ1) is 26.3. The van der Waals surface area contributed by atoms with Crippen LogP contribution in [-0.2, 0) is 27.8 Å². The minimum absolute atomic E-state index is 0.190. The van der Waals surface area contributed by atoms with Crippen LogP contribution in [0.2, 0.25) is 0 Å². The third-order valence-corrected chi connectivity index (χ3v) is 8.61. The lowest BCUT2D eigenvalue weighted by Gasteiger charge is -2.29. The molecular formula is C27H36N4O4S. The van der Waals surface area contributed by atoms with E-state index in [1.807, 2.05) is 6.20 Å². The van der Waals surface area contributed by atoms with E-state index in [1.165, 1.54) is 26.6 Å². The van der Waals surface area contributed by atoms with E-state index in [0.717, 1.165) is 13.1 Å². The molecule has 194 valence electrons. The molecule has 2 heterocycles. The largest absolute Gasteiger partial charge is 0.497 e. The average Bonchev–Trinajstić information content (AvgIpc) is 3.31. The first-order valence-electron chi connectivity index (χ1n) is 12.3. The first-order chi connectivity index (χ1) is 17.3. The summed E-state index contributed by atoms with van der Waals surface area (Å²) >= 11 is 0. The maximum atomic E-state index is 13.8. The Kier molecular flexibility index (Phi) is 8.46. The number of imidazole rings is 1. The zero-order valence-corrected chi connectivity index (χ0v) is 22.4. The molecule has 2 aromatic carbocycles. The molecule has 36 heavy (non-hydrogen) atoms. The molecule has 0 unspecified atom stereocenters. The van der Waals surface area contributed by atoms with Crippen LogP contribution < -0.4 is 4.74 Å². The molecule has 1 aliphatic rings. The Labute approximate surface area is 214 Å². The second-order valence-electron chi connectivity index (χ2n) is 9.32. The van der Waals surface area contributed by atoms with Crippen LogP contribution in [-0.4, -0.2) is 73.7 Å². The fourth-order valence-corrected chi connectivity index (χ4v) is 6.07. The molecule has 1 aliphatic heterocycles. The highest BCUT2D eigenvalue weighted by Gasteiger charge is 2.27. The molecule has 3 aromatic rings. The summed E-state index contributed by atoms with van der Waals surface area (Å²) in [6.45, 7) is 11.1. The molecule has 9 heteroatoms. The van der Waals surface area contributed by atoms with Gasteiger partial charge in [0.2, 0.25) is 10.0 Å². The number of morpholine rings is 1. The first-order valence-corrected chi connectivity index (χ1v) is 13.7. The number of sulfonamides is 1. The molecule has 4 rings (SSSR count). The second kappa shape index (κ2) is 11.6. The highest BCUT2D eigenvalue weighted by atomic mass is 32.2. The zero-order valence-electron chi connectivity index (χ0n) is 21.6. The topological polar surface area (TPSA) is 76.9 Å². The quantitative estimate of drug-likeness (QED) is 0.415. The number of hydrogen-bond acceptors (Lipinski definition) is 6. The highest BCUT2D eigenvalue weighted by molar-refractivity contribution is 7.89. The fourth-order valence-electron chi connectivity index (χ4n) is 4.68. The van der Waals surface area contributed by atoms with Gasteiger partial charge in [-0.1, -0.05) is 17.7 Å². The lowest BCUT2D eigenvalue weighted by atomic mass is 10.00. The maximum absolute atomic E-state index is 13.8. The number of rotatable bonds is 10. The van der Waals surface area contributed by atoms with Crippen molar-refractivity contribution in [2.24, 2.45) is 0 Å². The molecule has 0 atom stereocenters. The van der Waals surface area contributed by atoms with Gasteiger partial charge in [0.25, 0.3) is 0 Å². The van der Waals surface area contributed by atoms with Gasteiger partial charge in [-0.05, 0) is 61.7 Å². The monoisotopic (exact) mass is 512 g/mol. The number of benzene rings is 2. The SMILES string of the molecule is COc1ccc(S(=O)(=O)N(CCN2CCOCC2)Cc2nccn2Cc2c(C)cc(C)cc2C)cc1. The van der Waals surface area contributed by atoms with Crippen molar-refractivity contribution < 1.29 is 17.9 Å². The molecule has 1 saturated heterocycles. The van der Waals surface area contributed by atoms with Crippen LogP contribution in [0.25, 0.3) is 0 Å². The molecule has 0 saturated carbocycles. The van der Waals surface area contributed by atoms with Gasteiger partial charge in [-0.2, -0.15) is 4.31 Å². The van der Waals surface area contributed by atoms with Gasteiger partial charge in [0.1, 0.15) is 11.6 Å². The minimum Gasteiger partial charge on any atom is -0.497 e. The minimum atomic E-state index is -3.75. The molecule has 0 spiro atoms. The van der Waals surface area contributed by atoms with Gasteiger partial charge in [0, 0.05) is 45.1 Å². The van der Waals surface area contributed by atoms with Crippen LogP contribution in [0.15, 0.2) is 53.7 Å². The number of methoxy groups -OCH3 is 1. The Morgan fingerprint density at radius 3 is 2.36 bits per heavy atom. The summed E-state index contributed by atoms with van der Waals surface area (Å²) in [5.74, 6) is 1.33. The third-order valence-electron chi connectivity index (χ3n) is 6.75. The Hall–Kier alpha value is -2.72. The molecule has 1 fully saturated rings. The maximum Gasteiger partial charge on any atom is 0.243 e. The van der Waals surface area contributed by atoms with Crippen molar-refractivity contribution >= 4 is 10.0 Å². The Balaban J connectivity index is 1.60. The van der Waals surface area contributed by atoms with E-state index in [2.05, 4.69) is 47.4 Å². The zero-order chi connectivity index (χ0) is 25.7. The highest BCUT2D eigenvalue weighted by Crippen LogP contribution is 2.23. The van der Waals surface area contributed by atoms with E-state index in [0.29, 0.717) is 44.4 Å². The van der Waals surface area contributed by atoms with Crippen LogP contribution in [0.4, 0.5) is 0 Å². The second-order valence-corrected chi connectivity index (χ2v) is 11.3. The van der Waals surface area contributed by atoms with Crippen LogP contribution in [0.3, 0.4) is 0 Å². The van der Waals surface area contributed by atoms with Gasteiger partial charge in [0.05, 0.1) is 31.8 Å². The summed E-state index contributed by atoms with van der Waals surface area (Å²) in [5.41, 5.74) is 4.92. The summed E-state index contributed by atoms with van der Waals surface area (Å²) < 4.78 is 41.8. The number of nitrogens with zero attached hydrogens (tertiary/aromatic N) is 4. The molecule has 0 amide bonds. The van der Waals surface area contributed by atoms with E-state index in [9.17, 15) is 8.42 Å². The predicted octanol–water partition coefficient (Wildman–Crippen LogP) is 3.39. The summed E-state index contributed by atoms with van der Waals surface area (Å²) in [7, 11) is -2.18. The van der Waals surface area contributed by atoms with Crippen molar-refractivity contribution in [3.8, 4) is 5.75 Å². The fraction of sp³-hybridized carbons (Fsp3) is 0.444. The Bertz CT molecular complexity index is 1240. The van der Waals surface area contributed by atoms with Gasteiger partial charge in [-0.15, -0.1) is 0 Å². The van der Waals surface area contributed by atoms with E-state index >= 15 is 0 Å². The molecule has 8 nitrogen and oxygen atoms in total. The molecular weight excluding hydrogens is 476 g/mol. The van der Waals surface area contributed by atoms with Crippen molar-refractivity contribution in [3.05, 3.63) is 76.9 Å². The van der Waals surface area contributed by atoms with Gasteiger partial charge in [-0.25, -0.2) is 13.4 Å². The van der Waals surface area contributed by atoms with Crippen LogP contribution in [0.5, 0.6) is 5.75 Å². The van der Waals surface area contributed by atoms with Crippen molar-refractivity contribution in [1.29, 1.82) is 0 Å². The average molecular weight is 513 g/mol. The normalized spacial score (nSPS) is 14.9. The van der Waals surface area contributed by atoms with Crippen molar-refractivity contribution in [1.82, 2.24) is 18.8 Å². The molecule has 0 aliphatic carbocycles. The van der Waals surface area contributed by atoms with Gasteiger partial charge >= 0.3 is 0 Å². The van der Waals surface area contributed by atoms with Crippen molar-refractivity contribution in [2.45, 2.75) is 38.8 Å².